The lowest BCUT2D eigenvalue weighted by molar-refractivity contribution is 0.156. The van der Waals surface area contributed by atoms with Gasteiger partial charge in [0.25, 0.3) is 0 Å². The summed E-state index contributed by atoms with van der Waals surface area (Å²) in [6, 6.07) is 10.3. The van der Waals surface area contributed by atoms with Gasteiger partial charge in [0.15, 0.2) is 0 Å². The van der Waals surface area contributed by atoms with Crippen LogP contribution in [0.4, 0.5) is 0 Å². The zero-order valence-corrected chi connectivity index (χ0v) is 13.5. The van der Waals surface area contributed by atoms with Gasteiger partial charge < -0.3 is 10.6 Å². The minimum atomic E-state index is 0.380. The highest BCUT2D eigenvalue weighted by molar-refractivity contribution is 5.30. The van der Waals surface area contributed by atoms with Crippen molar-refractivity contribution in [1.82, 2.24) is 9.80 Å². The molecule has 1 aliphatic heterocycles. The van der Waals surface area contributed by atoms with E-state index in [1.807, 2.05) is 0 Å². The van der Waals surface area contributed by atoms with Gasteiger partial charge in [-0.1, -0.05) is 24.3 Å². The van der Waals surface area contributed by atoms with Gasteiger partial charge >= 0.3 is 0 Å². The first kappa shape index (κ1) is 15.0. The first-order valence-electron chi connectivity index (χ1n) is 8.39. The molecule has 3 heteroatoms. The van der Waals surface area contributed by atoms with E-state index in [4.69, 9.17) is 5.73 Å². The highest BCUT2D eigenvalue weighted by Gasteiger charge is 2.31. The topological polar surface area (TPSA) is 32.5 Å². The van der Waals surface area contributed by atoms with Crippen molar-refractivity contribution in [3.05, 3.63) is 35.4 Å². The number of likely N-dealkylation sites (N-methyl/N-ethyl adjacent to an activating group) is 1. The van der Waals surface area contributed by atoms with Crippen LogP contribution in [0.25, 0.3) is 0 Å². The van der Waals surface area contributed by atoms with E-state index in [0.717, 1.165) is 12.5 Å². The summed E-state index contributed by atoms with van der Waals surface area (Å²) in [6.07, 6.45) is 5.34. The van der Waals surface area contributed by atoms with E-state index in [2.05, 4.69) is 48.2 Å². The molecule has 0 radical (unpaired) electrons. The minimum absolute atomic E-state index is 0.380. The lowest BCUT2D eigenvalue weighted by Gasteiger charge is -2.34. The van der Waals surface area contributed by atoms with Gasteiger partial charge in [-0.2, -0.15) is 0 Å². The molecule has 3 rings (SSSR count). The summed E-state index contributed by atoms with van der Waals surface area (Å²) in [4.78, 5) is 4.93. The quantitative estimate of drug-likeness (QED) is 0.873. The summed E-state index contributed by atoms with van der Waals surface area (Å²) >= 11 is 0. The van der Waals surface area contributed by atoms with Crippen molar-refractivity contribution < 1.29 is 0 Å². The molecule has 2 N–H and O–H groups in total. The zero-order valence-electron chi connectivity index (χ0n) is 13.5. The maximum atomic E-state index is 6.13. The monoisotopic (exact) mass is 287 g/mol. The van der Waals surface area contributed by atoms with E-state index in [-0.39, 0.29) is 0 Å². The van der Waals surface area contributed by atoms with E-state index in [0.29, 0.717) is 18.6 Å². The predicted octanol–water partition coefficient (Wildman–Crippen LogP) is 2.59. The van der Waals surface area contributed by atoms with Crippen LogP contribution in [0.5, 0.6) is 0 Å². The zero-order chi connectivity index (χ0) is 14.8. The molecular weight excluding hydrogens is 258 g/mol. The second kappa shape index (κ2) is 6.47. The Morgan fingerprint density at radius 3 is 2.48 bits per heavy atom. The molecule has 2 atom stereocenters. The lowest BCUT2D eigenvalue weighted by atomic mass is 10.0. The van der Waals surface area contributed by atoms with E-state index in [9.17, 15) is 0 Å². The maximum absolute atomic E-state index is 6.13. The largest absolute Gasteiger partial charge is 0.329 e. The highest BCUT2D eigenvalue weighted by atomic mass is 15.2. The number of nitrogens with zero attached hydrogens (tertiary/aromatic N) is 2. The molecule has 0 amide bonds. The SMILES string of the molecule is CN(C)CC1CCCN1C(CN)c1ccc(C2CC2)cc1. The van der Waals surface area contributed by atoms with Crippen LogP contribution in [0.15, 0.2) is 24.3 Å². The Bertz CT molecular complexity index is 450. The fraction of sp³-hybridized carbons (Fsp3) is 0.667. The summed E-state index contributed by atoms with van der Waals surface area (Å²) in [6.45, 7) is 3.04. The van der Waals surface area contributed by atoms with Crippen LogP contribution in [0.2, 0.25) is 0 Å². The number of rotatable bonds is 6. The van der Waals surface area contributed by atoms with E-state index in [1.54, 1.807) is 0 Å². The van der Waals surface area contributed by atoms with Crippen molar-refractivity contribution in [2.24, 2.45) is 5.73 Å². The van der Waals surface area contributed by atoms with Crippen molar-refractivity contribution in [3.8, 4) is 0 Å². The standard InChI is InChI=1S/C18H29N3/c1-20(2)13-17-4-3-11-21(17)18(12-19)16-9-7-15(8-10-16)14-5-6-14/h7-10,14,17-18H,3-6,11-13,19H2,1-2H3. The van der Waals surface area contributed by atoms with Crippen LogP contribution in [-0.2, 0) is 0 Å². The molecule has 1 saturated heterocycles. The third-order valence-corrected chi connectivity index (χ3v) is 4.99. The number of hydrogen-bond acceptors (Lipinski definition) is 3. The number of hydrogen-bond donors (Lipinski definition) is 1. The predicted molar refractivity (Wildman–Crippen MR) is 88.5 cm³/mol. The average molecular weight is 287 g/mol. The van der Waals surface area contributed by atoms with Crippen LogP contribution in [-0.4, -0.2) is 49.6 Å². The van der Waals surface area contributed by atoms with Gasteiger partial charge in [0.05, 0.1) is 0 Å². The van der Waals surface area contributed by atoms with Crippen molar-refractivity contribution in [3.63, 3.8) is 0 Å². The Morgan fingerprint density at radius 2 is 1.90 bits per heavy atom. The first-order valence-corrected chi connectivity index (χ1v) is 8.39. The smallest absolute Gasteiger partial charge is 0.0473 e. The normalized spacial score (nSPS) is 24.7. The Labute approximate surface area is 129 Å². The molecule has 0 spiro atoms. The molecule has 2 unspecified atom stereocenters. The molecule has 1 aromatic rings. The van der Waals surface area contributed by atoms with Gasteiger partial charge in [-0.05, 0) is 63.4 Å². The van der Waals surface area contributed by atoms with Gasteiger partial charge in [0.1, 0.15) is 0 Å². The lowest BCUT2D eigenvalue weighted by Crippen LogP contribution is -2.42. The molecule has 1 heterocycles. The van der Waals surface area contributed by atoms with Crippen LogP contribution >= 0.6 is 0 Å². The van der Waals surface area contributed by atoms with Crippen molar-refractivity contribution in [2.45, 2.75) is 43.7 Å². The van der Waals surface area contributed by atoms with Gasteiger partial charge in [0.2, 0.25) is 0 Å². The molecular formula is C18H29N3. The molecule has 2 aliphatic rings. The van der Waals surface area contributed by atoms with E-state index >= 15 is 0 Å². The first-order chi connectivity index (χ1) is 10.2. The Balaban J connectivity index is 1.73. The highest BCUT2D eigenvalue weighted by Crippen LogP contribution is 2.40. The molecule has 0 aromatic heterocycles. The average Bonchev–Trinajstić information content (AvgIpc) is 3.23. The summed E-state index contributed by atoms with van der Waals surface area (Å²) in [5, 5.41) is 0. The van der Waals surface area contributed by atoms with Gasteiger partial charge in [-0.25, -0.2) is 0 Å². The summed E-state index contributed by atoms with van der Waals surface area (Å²) in [5.41, 5.74) is 9.04. The van der Waals surface area contributed by atoms with Crippen LogP contribution in [0.3, 0.4) is 0 Å². The molecule has 3 nitrogen and oxygen atoms in total. The third-order valence-electron chi connectivity index (χ3n) is 4.99. The van der Waals surface area contributed by atoms with Gasteiger partial charge in [-0.3, -0.25) is 4.90 Å². The summed E-state index contributed by atoms with van der Waals surface area (Å²) < 4.78 is 0. The molecule has 116 valence electrons. The molecule has 21 heavy (non-hydrogen) atoms. The van der Waals surface area contributed by atoms with Crippen LogP contribution < -0.4 is 5.73 Å². The van der Waals surface area contributed by atoms with E-state index < -0.39 is 0 Å². The van der Waals surface area contributed by atoms with Crippen molar-refractivity contribution in [2.75, 3.05) is 33.7 Å². The number of nitrogens with two attached hydrogens (primary N) is 1. The van der Waals surface area contributed by atoms with Crippen LogP contribution in [0, 0.1) is 0 Å². The number of likely N-dealkylation sites (tertiary alicyclic amines) is 1. The Morgan fingerprint density at radius 1 is 1.19 bits per heavy atom. The molecule has 1 aliphatic carbocycles. The van der Waals surface area contributed by atoms with Gasteiger partial charge in [0, 0.05) is 25.2 Å². The molecule has 0 bridgehead atoms. The van der Waals surface area contributed by atoms with Crippen molar-refractivity contribution in [1.29, 1.82) is 0 Å². The molecule has 2 fully saturated rings. The fourth-order valence-electron chi connectivity index (χ4n) is 3.76. The fourth-order valence-corrected chi connectivity index (χ4v) is 3.76. The summed E-state index contributed by atoms with van der Waals surface area (Å²) in [5.74, 6) is 0.837. The second-order valence-corrected chi connectivity index (χ2v) is 6.99. The maximum Gasteiger partial charge on any atom is 0.0473 e. The molecule has 1 saturated carbocycles. The molecule has 1 aromatic carbocycles. The Kier molecular flexibility index (Phi) is 4.63. The van der Waals surface area contributed by atoms with Crippen molar-refractivity contribution >= 4 is 0 Å². The van der Waals surface area contributed by atoms with Gasteiger partial charge in [-0.15, -0.1) is 0 Å². The minimum Gasteiger partial charge on any atom is -0.329 e. The third kappa shape index (κ3) is 3.47. The Hall–Kier alpha value is -0.900. The number of benzene rings is 1. The summed E-state index contributed by atoms with van der Waals surface area (Å²) in [7, 11) is 4.33. The van der Waals surface area contributed by atoms with Crippen LogP contribution in [0.1, 0.15) is 48.8 Å². The van der Waals surface area contributed by atoms with E-state index in [1.165, 1.54) is 43.4 Å². The second-order valence-electron chi connectivity index (χ2n) is 6.99.